The number of carbonyl (C=O) groups excluding carboxylic acids is 2. The number of nitrogens with zero attached hydrogens (tertiary/aromatic N) is 4. The minimum atomic E-state index is -0.0781. The van der Waals surface area contributed by atoms with Crippen molar-refractivity contribution < 1.29 is 9.59 Å². The molecule has 0 bridgehead atoms. The number of ketones is 1. The molecule has 0 saturated carbocycles. The number of benzene rings is 1. The second-order valence-electron chi connectivity index (χ2n) is 6.27. The van der Waals surface area contributed by atoms with Gasteiger partial charge in [-0.3, -0.25) is 9.59 Å². The van der Waals surface area contributed by atoms with Crippen molar-refractivity contribution in [1.82, 2.24) is 19.8 Å². The molecule has 7 nitrogen and oxygen atoms in total. The molecule has 0 unspecified atom stereocenters. The molecule has 1 amide bonds. The van der Waals surface area contributed by atoms with Crippen LogP contribution in [0.5, 0.6) is 0 Å². The molecular formula is C19H23N5O2. The van der Waals surface area contributed by atoms with E-state index in [0.29, 0.717) is 17.1 Å². The first kappa shape index (κ1) is 18.0. The van der Waals surface area contributed by atoms with Crippen molar-refractivity contribution in [2.24, 2.45) is 0 Å². The summed E-state index contributed by atoms with van der Waals surface area (Å²) in [4.78, 5) is 36.5. The molecule has 3 rings (SSSR count). The second kappa shape index (κ2) is 8.05. The SMILES string of the molecule is CCN1CCN(C(=O)c2cnc(Nc3ccc(C(C)=O)cc3)cn2)CC1. The van der Waals surface area contributed by atoms with Crippen LogP contribution in [-0.2, 0) is 0 Å². The van der Waals surface area contributed by atoms with Gasteiger partial charge >= 0.3 is 0 Å². The molecule has 1 aliphatic rings. The third-order valence-electron chi connectivity index (χ3n) is 4.54. The molecule has 0 spiro atoms. The minimum Gasteiger partial charge on any atom is -0.339 e. The Bertz CT molecular complexity index is 766. The van der Waals surface area contributed by atoms with Crippen molar-refractivity contribution >= 4 is 23.2 Å². The van der Waals surface area contributed by atoms with Gasteiger partial charge in [0.25, 0.3) is 5.91 Å². The normalized spacial score (nSPS) is 14.9. The number of Topliss-reactive ketones (excluding diaryl/α,β-unsaturated/α-hetero) is 1. The van der Waals surface area contributed by atoms with E-state index < -0.39 is 0 Å². The van der Waals surface area contributed by atoms with E-state index in [9.17, 15) is 9.59 Å². The molecule has 0 atom stereocenters. The summed E-state index contributed by atoms with van der Waals surface area (Å²) in [7, 11) is 0. The van der Waals surface area contributed by atoms with Gasteiger partial charge in [-0.2, -0.15) is 0 Å². The highest BCUT2D eigenvalue weighted by atomic mass is 16.2. The van der Waals surface area contributed by atoms with Crippen LogP contribution in [0.3, 0.4) is 0 Å². The van der Waals surface area contributed by atoms with Crippen molar-refractivity contribution in [2.75, 3.05) is 38.0 Å². The van der Waals surface area contributed by atoms with Gasteiger partial charge < -0.3 is 15.1 Å². The van der Waals surface area contributed by atoms with Gasteiger partial charge in [-0.25, -0.2) is 9.97 Å². The fourth-order valence-corrected chi connectivity index (χ4v) is 2.87. The maximum atomic E-state index is 12.5. The first-order chi connectivity index (χ1) is 12.6. The standard InChI is InChI=1S/C19H23N5O2/c1-3-23-8-10-24(11-9-23)19(26)17-12-21-18(13-20-17)22-16-6-4-15(5-7-16)14(2)25/h4-7,12-13H,3,8-11H2,1-2H3,(H,21,22). The molecule has 136 valence electrons. The molecule has 1 aromatic carbocycles. The summed E-state index contributed by atoms with van der Waals surface area (Å²) in [5.74, 6) is 0.498. The summed E-state index contributed by atoms with van der Waals surface area (Å²) < 4.78 is 0. The van der Waals surface area contributed by atoms with Gasteiger partial charge in [0.15, 0.2) is 5.78 Å². The van der Waals surface area contributed by atoms with Crippen LogP contribution < -0.4 is 5.32 Å². The molecule has 1 aliphatic heterocycles. The molecule has 0 radical (unpaired) electrons. The highest BCUT2D eigenvalue weighted by Gasteiger charge is 2.22. The van der Waals surface area contributed by atoms with E-state index in [0.717, 1.165) is 38.4 Å². The van der Waals surface area contributed by atoms with Crippen molar-refractivity contribution in [1.29, 1.82) is 0 Å². The summed E-state index contributed by atoms with van der Waals surface area (Å²) in [6.07, 6.45) is 3.05. The van der Waals surface area contributed by atoms with Crippen LogP contribution in [0.15, 0.2) is 36.7 Å². The minimum absolute atomic E-state index is 0.0268. The first-order valence-electron chi connectivity index (χ1n) is 8.78. The van der Waals surface area contributed by atoms with Gasteiger partial charge in [0.2, 0.25) is 0 Å². The lowest BCUT2D eigenvalue weighted by Gasteiger charge is -2.33. The Labute approximate surface area is 153 Å². The van der Waals surface area contributed by atoms with Crippen LogP contribution >= 0.6 is 0 Å². The Morgan fingerprint density at radius 3 is 2.27 bits per heavy atom. The van der Waals surface area contributed by atoms with Crippen LogP contribution in [0.2, 0.25) is 0 Å². The number of aromatic nitrogens is 2. The lowest BCUT2D eigenvalue weighted by Crippen LogP contribution is -2.48. The van der Waals surface area contributed by atoms with E-state index in [-0.39, 0.29) is 11.7 Å². The number of anilines is 2. The largest absolute Gasteiger partial charge is 0.339 e. The van der Waals surface area contributed by atoms with Crippen LogP contribution in [0.25, 0.3) is 0 Å². The summed E-state index contributed by atoms with van der Waals surface area (Å²) >= 11 is 0. The van der Waals surface area contributed by atoms with E-state index in [1.807, 2.05) is 17.0 Å². The summed E-state index contributed by atoms with van der Waals surface area (Å²) in [6, 6.07) is 7.13. The smallest absolute Gasteiger partial charge is 0.274 e. The fraction of sp³-hybridized carbons (Fsp3) is 0.368. The average molecular weight is 353 g/mol. The van der Waals surface area contributed by atoms with E-state index in [4.69, 9.17) is 0 Å². The Morgan fingerprint density at radius 2 is 1.73 bits per heavy atom. The zero-order valence-electron chi connectivity index (χ0n) is 15.1. The highest BCUT2D eigenvalue weighted by molar-refractivity contribution is 5.94. The molecule has 7 heteroatoms. The Kier molecular flexibility index (Phi) is 5.58. The second-order valence-corrected chi connectivity index (χ2v) is 6.27. The Balaban J connectivity index is 1.61. The van der Waals surface area contributed by atoms with Crippen molar-refractivity contribution in [3.63, 3.8) is 0 Å². The molecule has 2 heterocycles. The van der Waals surface area contributed by atoms with Gasteiger partial charge in [0.05, 0.1) is 12.4 Å². The molecule has 1 N–H and O–H groups in total. The van der Waals surface area contributed by atoms with Gasteiger partial charge in [-0.05, 0) is 37.7 Å². The quantitative estimate of drug-likeness (QED) is 0.830. The number of hydrogen-bond donors (Lipinski definition) is 1. The summed E-state index contributed by atoms with van der Waals surface area (Å²) in [5, 5.41) is 3.11. The molecule has 1 fully saturated rings. The van der Waals surface area contributed by atoms with Gasteiger partial charge in [-0.15, -0.1) is 0 Å². The molecule has 1 saturated heterocycles. The lowest BCUT2D eigenvalue weighted by atomic mass is 10.1. The van der Waals surface area contributed by atoms with Gasteiger partial charge in [-0.1, -0.05) is 6.92 Å². The number of nitrogens with one attached hydrogen (secondary N) is 1. The number of carbonyl (C=O) groups is 2. The third-order valence-corrected chi connectivity index (χ3v) is 4.54. The summed E-state index contributed by atoms with van der Waals surface area (Å²) in [6.45, 7) is 7.90. The number of amides is 1. The zero-order valence-corrected chi connectivity index (χ0v) is 15.1. The molecule has 26 heavy (non-hydrogen) atoms. The van der Waals surface area contributed by atoms with Gasteiger partial charge in [0, 0.05) is 37.4 Å². The topological polar surface area (TPSA) is 78.4 Å². The van der Waals surface area contributed by atoms with Crippen molar-refractivity contribution in [3.8, 4) is 0 Å². The van der Waals surface area contributed by atoms with E-state index in [1.54, 1.807) is 18.3 Å². The van der Waals surface area contributed by atoms with Crippen LogP contribution in [0.4, 0.5) is 11.5 Å². The molecule has 2 aromatic rings. The Morgan fingerprint density at radius 1 is 1.04 bits per heavy atom. The van der Waals surface area contributed by atoms with E-state index in [1.165, 1.54) is 13.1 Å². The maximum absolute atomic E-state index is 12.5. The number of piperazine rings is 1. The molecule has 0 aliphatic carbocycles. The molecular weight excluding hydrogens is 330 g/mol. The van der Waals surface area contributed by atoms with E-state index >= 15 is 0 Å². The summed E-state index contributed by atoms with van der Waals surface area (Å²) in [5.41, 5.74) is 1.82. The lowest BCUT2D eigenvalue weighted by molar-refractivity contribution is 0.0637. The average Bonchev–Trinajstić information content (AvgIpc) is 2.68. The number of rotatable bonds is 5. The van der Waals surface area contributed by atoms with E-state index in [2.05, 4.69) is 27.1 Å². The third kappa shape index (κ3) is 4.23. The predicted octanol–water partition coefficient (Wildman–Crippen LogP) is 2.20. The fourth-order valence-electron chi connectivity index (χ4n) is 2.87. The number of likely N-dealkylation sites (N-methyl/N-ethyl adjacent to an activating group) is 1. The van der Waals surface area contributed by atoms with Crippen molar-refractivity contribution in [3.05, 3.63) is 47.9 Å². The maximum Gasteiger partial charge on any atom is 0.274 e. The Hall–Kier alpha value is -2.80. The van der Waals surface area contributed by atoms with Crippen LogP contribution in [-0.4, -0.2) is 64.2 Å². The van der Waals surface area contributed by atoms with Crippen molar-refractivity contribution in [2.45, 2.75) is 13.8 Å². The molecule has 1 aromatic heterocycles. The first-order valence-corrected chi connectivity index (χ1v) is 8.78. The van der Waals surface area contributed by atoms with Crippen LogP contribution in [0.1, 0.15) is 34.7 Å². The monoisotopic (exact) mass is 353 g/mol. The predicted molar refractivity (Wildman–Crippen MR) is 99.8 cm³/mol. The van der Waals surface area contributed by atoms with Crippen LogP contribution in [0, 0.1) is 0 Å². The highest BCUT2D eigenvalue weighted by Crippen LogP contribution is 2.15. The van der Waals surface area contributed by atoms with Gasteiger partial charge in [0.1, 0.15) is 11.5 Å². The zero-order chi connectivity index (χ0) is 18.5. The number of hydrogen-bond acceptors (Lipinski definition) is 6.